The largest absolute Gasteiger partial charge is 0.340 e. The highest BCUT2D eigenvalue weighted by molar-refractivity contribution is 5.92. The molecule has 4 heteroatoms. The highest BCUT2D eigenvalue weighted by Crippen LogP contribution is 2.19. The van der Waals surface area contributed by atoms with Gasteiger partial charge in [0.05, 0.1) is 11.7 Å². The fourth-order valence-corrected chi connectivity index (χ4v) is 2.46. The van der Waals surface area contributed by atoms with Gasteiger partial charge >= 0.3 is 0 Å². The van der Waals surface area contributed by atoms with Crippen LogP contribution in [0, 0.1) is 5.82 Å². The molecule has 0 bridgehead atoms. The van der Waals surface area contributed by atoms with Crippen LogP contribution in [0.1, 0.15) is 22.9 Å². The van der Waals surface area contributed by atoms with Gasteiger partial charge in [0.25, 0.3) is 0 Å². The first kappa shape index (κ1) is 16.6. The molecule has 124 valence electrons. The van der Waals surface area contributed by atoms with Crippen molar-refractivity contribution < 1.29 is 9.18 Å². The number of aromatic nitrogens is 1. The third-order valence-corrected chi connectivity index (χ3v) is 3.70. The second-order valence-electron chi connectivity index (χ2n) is 5.49. The number of amides is 1. The Balaban J connectivity index is 1.78. The Morgan fingerprint density at radius 2 is 1.68 bits per heavy atom. The van der Waals surface area contributed by atoms with Crippen LogP contribution in [-0.2, 0) is 4.79 Å². The quantitative estimate of drug-likeness (QED) is 0.714. The summed E-state index contributed by atoms with van der Waals surface area (Å²) in [5, 5.41) is 2.97. The number of carbonyl (C=O) groups excluding carboxylic acids is 1. The lowest BCUT2D eigenvalue weighted by atomic mass is 10.0. The SMILES string of the molecule is O=C(C=Cc1ccc(F)cc1)NC(c1ccccc1)c1ccccn1. The molecule has 25 heavy (non-hydrogen) atoms. The zero-order chi connectivity index (χ0) is 17.5. The fraction of sp³-hybridized carbons (Fsp3) is 0.0476. The van der Waals surface area contributed by atoms with E-state index in [1.807, 2.05) is 48.5 Å². The van der Waals surface area contributed by atoms with E-state index in [2.05, 4.69) is 10.3 Å². The van der Waals surface area contributed by atoms with Crippen LogP contribution in [0.2, 0.25) is 0 Å². The van der Waals surface area contributed by atoms with E-state index in [0.717, 1.165) is 16.8 Å². The molecule has 3 rings (SSSR count). The molecule has 0 aliphatic heterocycles. The average molecular weight is 332 g/mol. The topological polar surface area (TPSA) is 42.0 Å². The minimum absolute atomic E-state index is 0.246. The third-order valence-electron chi connectivity index (χ3n) is 3.70. The Kier molecular flexibility index (Phi) is 5.32. The first-order valence-corrected chi connectivity index (χ1v) is 7.92. The lowest BCUT2D eigenvalue weighted by Crippen LogP contribution is -2.28. The highest BCUT2D eigenvalue weighted by Gasteiger charge is 2.16. The third kappa shape index (κ3) is 4.61. The number of rotatable bonds is 5. The maximum absolute atomic E-state index is 12.9. The normalized spacial score (nSPS) is 12.0. The fourth-order valence-electron chi connectivity index (χ4n) is 2.46. The van der Waals surface area contributed by atoms with Crippen molar-refractivity contribution in [2.24, 2.45) is 0 Å². The predicted molar refractivity (Wildman–Crippen MR) is 96.1 cm³/mol. The van der Waals surface area contributed by atoms with Crippen molar-refractivity contribution in [1.29, 1.82) is 0 Å². The second kappa shape index (κ2) is 8.02. The zero-order valence-corrected chi connectivity index (χ0v) is 13.5. The number of hydrogen-bond acceptors (Lipinski definition) is 2. The number of halogens is 1. The summed E-state index contributed by atoms with van der Waals surface area (Å²) in [5.74, 6) is -0.551. The van der Waals surface area contributed by atoms with Crippen LogP contribution in [0.5, 0.6) is 0 Å². The van der Waals surface area contributed by atoms with Gasteiger partial charge in [-0.2, -0.15) is 0 Å². The summed E-state index contributed by atoms with van der Waals surface area (Å²) >= 11 is 0. The number of pyridine rings is 1. The predicted octanol–water partition coefficient (Wildman–Crippen LogP) is 4.14. The first-order valence-electron chi connectivity index (χ1n) is 7.92. The van der Waals surface area contributed by atoms with Crippen molar-refractivity contribution in [2.45, 2.75) is 6.04 Å². The number of benzene rings is 2. The lowest BCUT2D eigenvalue weighted by molar-refractivity contribution is -0.116. The van der Waals surface area contributed by atoms with E-state index in [1.54, 1.807) is 24.4 Å². The Labute approximate surface area is 145 Å². The highest BCUT2D eigenvalue weighted by atomic mass is 19.1. The molecule has 1 N–H and O–H groups in total. The maximum atomic E-state index is 12.9. The van der Waals surface area contributed by atoms with Crippen molar-refractivity contribution in [1.82, 2.24) is 10.3 Å². The molecule has 1 heterocycles. The molecule has 0 fully saturated rings. The van der Waals surface area contributed by atoms with Crippen LogP contribution in [0.3, 0.4) is 0 Å². The van der Waals surface area contributed by atoms with Gasteiger partial charge in [0.1, 0.15) is 5.82 Å². The summed E-state index contributed by atoms with van der Waals surface area (Å²) in [6.07, 6.45) is 4.78. The molecule has 0 aliphatic rings. The van der Waals surface area contributed by atoms with Crippen LogP contribution in [0.25, 0.3) is 6.08 Å². The van der Waals surface area contributed by atoms with E-state index in [0.29, 0.717) is 0 Å². The average Bonchev–Trinajstić information content (AvgIpc) is 2.67. The maximum Gasteiger partial charge on any atom is 0.244 e. The summed E-state index contributed by atoms with van der Waals surface area (Å²) in [4.78, 5) is 16.7. The molecule has 0 aliphatic carbocycles. The number of nitrogens with one attached hydrogen (secondary N) is 1. The second-order valence-corrected chi connectivity index (χ2v) is 5.49. The van der Waals surface area contributed by atoms with E-state index >= 15 is 0 Å². The van der Waals surface area contributed by atoms with Gasteiger partial charge in [-0.3, -0.25) is 9.78 Å². The molecule has 0 spiro atoms. The van der Waals surface area contributed by atoms with E-state index in [-0.39, 0.29) is 17.8 Å². The van der Waals surface area contributed by atoms with Crippen LogP contribution < -0.4 is 5.32 Å². The molecule has 2 aromatic carbocycles. The Morgan fingerprint density at radius 3 is 2.36 bits per heavy atom. The van der Waals surface area contributed by atoms with Crippen molar-refractivity contribution in [3.63, 3.8) is 0 Å². The summed E-state index contributed by atoms with van der Waals surface area (Å²) in [6, 6.07) is 20.9. The smallest absolute Gasteiger partial charge is 0.244 e. The molecule has 0 saturated carbocycles. The summed E-state index contributed by atoms with van der Waals surface area (Å²) in [5.41, 5.74) is 2.47. The molecule has 3 aromatic rings. The van der Waals surface area contributed by atoms with Crippen LogP contribution >= 0.6 is 0 Å². The number of carbonyl (C=O) groups is 1. The van der Waals surface area contributed by atoms with Gasteiger partial charge < -0.3 is 5.32 Å². The zero-order valence-electron chi connectivity index (χ0n) is 13.5. The summed E-state index contributed by atoms with van der Waals surface area (Å²) in [7, 11) is 0. The molecule has 1 aromatic heterocycles. The number of hydrogen-bond donors (Lipinski definition) is 1. The standard InChI is InChI=1S/C21H17FN2O/c22-18-12-9-16(10-13-18)11-14-20(25)24-21(17-6-2-1-3-7-17)19-8-4-5-15-23-19/h1-15,21H,(H,24,25). The van der Waals surface area contributed by atoms with Crippen molar-refractivity contribution in [3.8, 4) is 0 Å². The summed E-state index contributed by atoms with van der Waals surface area (Å²) < 4.78 is 12.9. The molecular weight excluding hydrogens is 315 g/mol. The van der Waals surface area contributed by atoms with Crippen molar-refractivity contribution in [2.75, 3.05) is 0 Å². The molecule has 3 nitrogen and oxygen atoms in total. The van der Waals surface area contributed by atoms with Gasteiger partial charge in [-0.05, 0) is 41.5 Å². The molecule has 1 atom stereocenters. The lowest BCUT2D eigenvalue weighted by Gasteiger charge is -2.17. The molecule has 0 radical (unpaired) electrons. The van der Waals surface area contributed by atoms with E-state index in [4.69, 9.17) is 0 Å². The number of nitrogens with zero attached hydrogens (tertiary/aromatic N) is 1. The van der Waals surface area contributed by atoms with Gasteiger partial charge in [-0.1, -0.05) is 48.5 Å². The van der Waals surface area contributed by atoms with E-state index in [1.165, 1.54) is 18.2 Å². The Hall–Kier alpha value is -3.27. The molecule has 1 unspecified atom stereocenters. The van der Waals surface area contributed by atoms with Crippen LogP contribution in [0.4, 0.5) is 4.39 Å². The monoisotopic (exact) mass is 332 g/mol. The van der Waals surface area contributed by atoms with E-state index in [9.17, 15) is 9.18 Å². The molecular formula is C21H17FN2O. The summed E-state index contributed by atoms with van der Waals surface area (Å²) in [6.45, 7) is 0. The Morgan fingerprint density at radius 1 is 0.960 bits per heavy atom. The van der Waals surface area contributed by atoms with Gasteiger partial charge in [0, 0.05) is 12.3 Å². The van der Waals surface area contributed by atoms with Gasteiger partial charge in [0.2, 0.25) is 5.91 Å². The van der Waals surface area contributed by atoms with Crippen molar-refractivity contribution >= 4 is 12.0 Å². The van der Waals surface area contributed by atoms with Gasteiger partial charge in [0.15, 0.2) is 0 Å². The van der Waals surface area contributed by atoms with Gasteiger partial charge in [-0.15, -0.1) is 0 Å². The minimum Gasteiger partial charge on any atom is -0.340 e. The minimum atomic E-state index is -0.340. The van der Waals surface area contributed by atoms with Crippen LogP contribution in [0.15, 0.2) is 85.1 Å². The van der Waals surface area contributed by atoms with E-state index < -0.39 is 0 Å². The molecule has 0 saturated heterocycles. The van der Waals surface area contributed by atoms with Crippen molar-refractivity contribution in [3.05, 3.63) is 108 Å². The first-order chi connectivity index (χ1) is 12.2. The van der Waals surface area contributed by atoms with Crippen LogP contribution in [-0.4, -0.2) is 10.9 Å². The Bertz CT molecular complexity index is 807. The van der Waals surface area contributed by atoms with Gasteiger partial charge in [-0.25, -0.2) is 4.39 Å². The molecule has 1 amide bonds.